The van der Waals surface area contributed by atoms with E-state index in [4.69, 9.17) is 21.1 Å². The maximum atomic E-state index is 13.3. The molecule has 12 heteroatoms. The summed E-state index contributed by atoms with van der Waals surface area (Å²) in [6.07, 6.45) is -3.13. The Balaban J connectivity index is 1.68. The van der Waals surface area contributed by atoms with Crippen LogP contribution in [0, 0.1) is 22.7 Å². The summed E-state index contributed by atoms with van der Waals surface area (Å²) in [6, 6.07) is 8.45. The fourth-order valence-electron chi connectivity index (χ4n) is 3.38. The van der Waals surface area contributed by atoms with Crippen LogP contribution in [0.3, 0.4) is 0 Å². The summed E-state index contributed by atoms with van der Waals surface area (Å²) in [4.78, 5) is 16.2. The van der Waals surface area contributed by atoms with Gasteiger partial charge in [-0.05, 0) is 44.0 Å². The molecule has 1 aromatic carbocycles. The summed E-state index contributed by atoms with van der Waals surface area (Å²) in [5.74, 6) is 0.0472. The Morgan fingerprint density at radius 3 is 2.32 bits per heavy atom. The van der Waals surface area contributed by atoms with Gasteiger partial charge in [-0.2, -0.15) is 33.7 Å². The zero-order chi connectivity index (χ0) is 24.5. The molecule has 1 aromatic heterocycles. The van der Waals surface area contributed by atoms with E-state index in [9.17, 15) is 23.7 Å². The van der Waals surface area contributed by atoms with Crippen LogP contribution in [-0.4, -0.2) is 34.6 Å². The van der Waals surface area contributed by atoms with Gasteiger partial charge < -0.3 is 9.47 Å². The molecule has 34 heavy (non-hydrogen) atoms. The van der Waals surface area contributed by atoms with Crippen molar-refractivity contribution in [3.8, 4) is 23.9 Å². The largest absolute Gasteiger partial charge is 0.433 e. The Hall–Kier alpha value is -3.54. The first-order valence-corrected chi connectivity index (χ1v) is 10.6. The van der Waals surface area contributed by atoms with Crippen molar-refractivity contribution in [3.63, 3.8) is 0 Å². The molecule has 0 bridgehead atoms. The van der Waals surface area contributed by atoms with Crippen LogP contribution in [-0.2, 0) is 16.6 Å². The highest BCUT2D eigenvalue weighted by Crippen LogP contribution is 2.42. The van der Waals surface area contributed by atoms with Crippen LogP contribution in [0.15, 0.2) is 34.3 Å². The quantitative estimate of drug-likeness (QED) is 0.544. The standard InChI is InChI=1S/C22H16ClF3N6O2/c1-2-33-11-21(31-17(9-27)18(10-28)32-21)14-6-5-13(7-15(14)23)34-20-29-16(12-3-4-12)8-19(30-20)22(24,25)26/h5-8,12H,2-4,11H2,1H3. The van der Waals surface area contributed by atoms with E-state index in [1.54, 1.807) is 6.92 Å². The topological polar surface area (TPSA) is 117 Å². The molecule has 4 rings (SSSR count). The molecule has 0 atom stereocenters. The first kappa shape index (κ1) is 23.6. The van der Waals surface area contributed by atoms with Gasteiger partial charge in [-0.1, -0.05) is 11.6 Å². The summed E-state index contributed by atoms with van der Waals surface area (Å²) in [6.45, 7) is 2.00. The van der Waals surface area contributed by atoms with E-state index in [1.165, 1.54) is 18.2 Å². The van der Waals surface area contributed by atoms with E-state index in [0.717, 1.165) is 18.9 Å². The van der Waals surface area contributed by atoms with Gasteiger partial charge in [0.2, 0.25) is 5.66 Å². The van der Waals surface area contributed by atoms with Crippen molar-refractivity contribution < 1.29 is 22.6 Å². The van der Waals surface area contributed by atoms with E-state index in [-0.39, 0.29) is 40.4 Å². The zero-order valence-electron chi connectivity index (χ0n) is 17.7. The van der Waals surface area contributed by atoms with Gasteiger partial charge in [-0.15, -0.1) is 0 Å². The molecule has 1 saturated carbocycles. The van der Waals surface area contributed by atoms with Crippen LogP contribution in [0.4, 0.5) is 13.2 Å². The number of ether oxygens (including phenoxy) is 2. The van der Waals surface area contributed by atoms with Crippen LogP contribution in [0.25, 0.3) is 0 Å². The molecule has 8 nitrogen and oxygen atoms in total. The Morgan fingerprint density at radius 2 is 1.79 bits per heavy atom. The number of nitrogens with zero attached hydrogens (tertiary/aromatic N) is 6. The summed E-state index contributed by atoms with van der Waals surface area (Å²) in [7, 11) is 0. The third-order valence-electron chi connectivity index (χ3n) is 5.13. The normalized spacial score (nSPS) is 16.9. The van der Waals surface area contributed by atoms with Crippen LogP contribution in [0.2, 0.25) is 5.02 Å². The van der Waals surface area contributed by atoms with Gasteiger partial charge >= 0.3 is 12.2 Å². The van der Waals surface area contributed by atoms with E-state index < -0.39 is 23.5 Å². The molecule has 2 aliphatic rings. The molecular formula is C22H16ClF3N6O2. The predicted molar refractivity (Wildman–Crippen MR) is 115 cm³/mol. The second-order valence-electron chi connectivity index (χ2n) is 7.57. The maximum Gasteiger partial charge on any atom is 0.433 e. The number of aromatic nitrogens is 2. The molecule has 0 spiro atoms. The van der Waals surface area contributed by atoms with Crippen LogP contribution in [0.5, 0.6) is 11.8 Å². The van der Waals surface area contributed by atoms with Crippen LogP contribution < -0.4 is 4.74 Å². The van der Waals surface area contributed by atoms with Crippen molar-refractivity contribution in [2.24, 2.45) is 9.98 Å². The van der Waals surface area contributed by atoms with Crippen molar-refractivity contribution in [3.05, 3.63) is 46.2 Å². The number of benzene rings is 1. The van der Waals surface area contributed by atoms with Crippen molar-refractivity contribution in [2.75, 3.05) is 13.2 Å². The zero-order valence-corrected chi connectivity index (χ0v) is 18.5. The lowest BCUT2D eigenvalue weighted by atomic mass is 10.0. The lowest BCUT2D eigenvalue weighted by Gasteiger charge is -2.24. The molecule has 2 heterocycles. The first-order chi connectivity index (χ1) is 16.2. The fraction of sp³-hybridized carbons (Fsp3) is 0.364. The molecular weight excluding hydrogens is 473 g/mol. The molecule has 0 amide bonds. The number of hydrogen-bond acceptors (Lipinski definition) is 8. The highest BCUT2D eigenvalue weighted by atomic mass is 35.5. The van der Waals surface area contributed by atoms with Gasteiger partial charge in [0.25, 0.3) is 0 Å². The Morgan fingerprint density at radius 1 is 1.12 bits per heavy atom. The summed E-state index contributed by atoms with van der Waals surface area (Å²) in [5, 5.41) is 18.7. The van der Waals surface area contributed by atoms with Gasteiger partial charge in [-0.25, -0.2) is 9.98 Å². The van der Waals surface area contributed by atoms with Gasteiger partial charge in [0.05, 0.1) is 17.3 Å². The molecule has 0 radical (unpaired) electrons. The molecule has 0 N–H and O–H groups in total. The Kier molecular flexibility index (Phi) is 6.26. The van der Waals surface area contributed by atoms with E-state index >= 15 is 0 Å². The average molecular weight is 489 g/mol. The minimum absolute atomic E-state index is 0.0439. The Bertz CT molecular complexity index is 1240. The third kappa shape index (κ3) is 4.72. The second kappa shape index (κ2) is 9.01. The Labute approximate surface area is 197 Å². The third-order valence-corrected chi connectivity index (χ3v) is 5.44. The van der Waals surface area contributed by atoms with Gasteiger partial charge in [0.1, 0.15) is 17.9 Å². The molecule has 0 saturated heterocycles. The number of aliphatic imine (C=N–C) groups is 2. The molecule has 2 aromatic rings. The smallest absolute Gasteiger partial charge is 0.424 e. The van der Waals surface area contributed by atoms with E-state index in [0.29, 0.717) is 12.2 Å². The average Bonchev–Trinajstić information content (AvgIpc) is 3.58. The van der Waals surface area contributed by atoms with Crippen molar-refractivity contribution in [1.82, 2.24) is 9.97 Å². The summed E-state index contributed by atoms with van der Waals surface area (Å²) >= 11 is 6.46. The van der Waals surface area contributed by atoms with E-state index in [1.807, 2.05) is 12.1 Å². The van der Waals surface area contributed by atoms with Crippen molar-refractivity contribution >= 4 is 23.0 Å². The highest BCUT2D eigenvalue weighted by molar-refractivity contribution is 6.54. The molecule has 1 aliphatic heterocycles. The number of alkyl halides is 3. The van der Waals surface area contributed by atoms with Crippen LogP contribution >= 0.6 is 11.6 Å². The lowest BCUT2D eigenvalue weighted by Crippen LogP contribution is -2.27. The minimum atomic E-state index is -4.65. The molecule has 174 valence electrons. The molecule has 0 unspecified atom stereocenters. The number of halogens is 4. The van der Waals surface area contributed by atoms with Gasteiger partial charge in [0.15, 0.2) is 17.1 Å². The highest BCUT2D eigenvalue weighted by Gasteiger charge is 2.41. The number of rotatable bonds is 7. The monoisotopic (exact) mass is 488 g/mol. The SMILES string of the molecule is CCOCC1(c2ccc(Oc3nc(C4CC4)cc(C(F)(F)F)n3)cc2Cl)N=C(C#N)C(C#N)=N1. The fourth-order valence-corrected chi connectivity index (χ4v) is 3.70. The number of hydrogen-bond donors (Lipinski definition) is 0. The van der Waals surface area contributed by atoms with Crippen molar-refractivity contribution in [1.29, 1.82) is 10.5 Å². The molecule has 1 aliphatic carbocycles. The summed E-state index contributed by atoms with van der Waals surface area (Å²) < 4.78 is 50.8. The lowest BCUT2D eigenvalue weighted by molar-refractivity contribution is -0.141. The maximum absolute atomic E-state index is 13.3. The van der Waals surface area contributed by atoms with Gasteiger partial charge in [0, 0.05) is 18.1 Å². The number of nitriles is 2. The van der Waals surface area contributed by atoms with Crippen molar-refractivity contribution in [2.45, 2.75) is 37.5 Å². The second-order valence-corrected chi connectivity index (χ2v) is 7.98. The van der Waals surface area contributed by atoms with Crippen LogP contribution in [0.1, 0.15) is 42.6 Å². The predicted octanol–water partition coefficient (Wildman–Crippen LogP) is 4.95. The summed E-state index contributed by atoms with van der Waals surface area (Å²) in [5.41, 5.74) is -2.23. The first-order valence-electron chi connectivity index (χ1n) is 10.2. The molecule has 1 fully saturated rings. The minimum Gasteiger partial charge on any atom is -0.424 e. The van der Waals surface area contributed by atoms with Gasteiger partial charge in [-0.3, -0.25) is 0 Å². The van der Waals surface area contributed by atoms with E-state index in [2.05, 4.69) is 20.0 Å².